The summed E-state index contributed by atoms with van der Waals surface area (Å²) in [5.41, 5.74) is 0.327. The molecule has 0 amide bonds. The van der Waals surface area contributed by atoms with E-state index in [0.29, 0.717) is 18.2 Å². The largest absolute Gasteiger partial charge is 0.378 e. The van der Waals surface area contributed by atoms with Gasteiger partial charge in [0.1, 0.15) is 6.29 Å². The Morgan fingerprint density at radius 2 is 2.45 bits per heavy atom. The molecule has 1 aliphatic rings. The van der Waals surface area contributed by atoms with E-state index in [2.05, 4.69) is 9.24 Å². The molecule has 2 nitrogen and oxygen atoms in total. The lowest BCUT2D eigenvalue weighted by molar-refractivity contribution is -0.108. The quantitative estimate of drug-likeness (QED) is 0.477. The summed E-state index contributed by atoms with van der Waals surface area (Å²) >= 11 is 0. The van der Waals surface area contributed by atoms with Crippen LogP contribution in [-0.4, -0.2) is 24.7 Å². The molecule has 0 aliphatic carbocycles. The highest BCUT2D eigenvalue weighted by Gasteiger charge is 2.19. The lowest BCUT2D eigenvalue weighted by Crippen LogP contribution is -2.28. The van der Waals surface area contributed by atoms with Crippen molar-refractivity contribution in [1.29, 1.82) is 0 Å². The standard InChI is InChI=1S/C8H15O2P/c9-5-4-8(11)7-3-1-2-6-10-7/h5,7-8H,1-4,6,11H2. The highest BCUT2D eigenvalue weighted by Crippen LogP contribution is 2.22. The Labute approximate surface area is 69.9 Å². The lowest BCUT2D eigenvalue weighted by Gasteiger charge is -2.26. The molecule has 0 N–H and O–H groups in total. The second-order valence-corrected chi connectivity index (χ2v) is 3.83. The number of carbonyl (C=O) groups excluding carboxylic acids is 1. The molecular weight excluding hydrogens is 159 g/mol. The predicted octanol–water partition coefficient (Wildman–Crippen LogP) is 1.39. The van der Waals surface area contributed by atoms with E-state index in [1.165, 1.54) is 12.8 Å². The van der Waals surface area contributed by atoms with Crippen LogP contribution in [0.5, 0.6) is 0 Å². The minimum atomic E-state index is 0.305. The van der Waals surface area contributed by atoms with Crippen molar-refractivity contribution in [3.8, 4) is 0 Å². The molecule has 1 heterocycles. The van der Waals surface area contributed by atoms with Crippen molar-refractivity contribution in [1.82, 2.24) is 0 Å². The Hall–Kier alpha value is 0.0600. The summed E-state index contributed by atoms with van der Waals surface area (Å²) in [6, 6.07) is 0. The molecule has 0 radical (unpaired) electrons. The van der Waals surface area contributed by atoms with Gasteiger partial charge >= 0.3 is 0 Å². The average molecular weight is 174 g/mol. The van der Waals surface area contributed by atoms with Gasteiger partial charge in [-0.2, -0.15) is 0 Å². The average Bonchev–Trinajstić information content (AvgIpc) is 2.07. The van der Waals surface area contributed by atoms with Crippen molar-refractivity contribution in [2.24, 2.45) is 0 Å². The number of rotatable bonds is 3. The Balaban J connectivity index is 2.26. The summed E-state index contributed by atoms with van der Waals surface area (Å²) < 4.78 is 5.51. The predicted molar refractivity (Wildman–Crippen MR) is 47.8 cm³/mol. The Morgan fingerprint density at radius 1 is 1.64 bits per heavy atom. The molecule has 3 unspecified atom stereocenters. The van der Waals surface area contributed by atoms with Crippen molar-refractivity contribution in [3.05, 3.63) is 0 Å². The summed E-state index contributed by atoms with van der Waals surface area (Å²) in [4.78, 5) is 10.2. The second-order valence-electron chi connectivity index (χ2n) is 2.97. The van der Waals surface area contributed by atoms with E-state index in [1.54, 1.807) is 0 Å². The van der Waals surface area contributed by atoms with Crippen LogP contribution in [0, 0.1) is 0 Å². The van der Waals surface area contributed by atoms with Gasteiger partial charge in [-0.3, -0.25) is 0 Å². The van der Waals surface area contributed by atoms with Gasteiger partial charge in [0.2, 0.25) is 0 Å². The molecule has 3 atom stereocenters. The molecule has 64 valence electrons. The Bertz CT molecular complexity index is 121. The number of ether oxygens (including phenoxy) is 1. The summed E-state index contributed by atoms with van der Waals surface area (Å²) in [5, 5.41) is 0. The SMILES string of the molecule is O=CCC(P)C1CCCCO1. The zero-order valence-corrected chi connectivity index (χ0v) is 7.82. The number of aldehydes is 1. The van der Waals surface area contributed by atoms with Gasteiger partial charge < -0.3 is 9.53 Å². The van der Waals surface area contributed by atoms with Gasteiger partial charge in [0.05, 0.1) is 6.10 Å². The topological polar surface area (TPSA) is 26.3 Å². The molecule has 0 bridgehead atoms. The first-order valence-electron chi connectivity index (χ1n) is 4.15. The molecule has 0 aromatic heterocycles. The van der Waals surface area contributed by atoms with Crippen LogP contribution in [0.1, 0.15) is 25.7 Å². The second kappa shape index (κ2) is 4.84. The van der Waals surface area contributed by atoms with Crippen molar-refractivity contribution in [2.45, 2.75) is 37.4 Å². The minimum Gasteiger partial charge on any atom is -0.378 e. The van der Waals surface area contributed by atoms with Crippen LogP contribution in [0.3, 0.4) is 0 Å². The zero-order valence-electron chi connectivity index (χ0n) is 6.66. The van der Waals surface area contributed by atoms with Gasteiger partial charge in [-0.1, -0.05) is 0 Å². The van der Waals surface area contributed by atoms with Gasteiger partial charge in [-0.25, -0.2) is 0 Å². The van der Waals surface area contributed by atoms with E-state index in [-0.39, 0.29) is 0 Å². The van der Waals surface area contributed by atoms with Crippen LogP contribution in [-0.2, 0) is 9.53 Å². The molecule has 1 fully saturated rings. The first-order valence-corrected chi connectivity index (χ1v) is 4.82. The fourth-order valence-corrected chi connectivity index (χ4v) is 1.78. The van der Waals surface area contributed by atoms with Crippen LogP contribution >= 0.6 is 9.24 Å². The van der Waals surface area contributed by atoms with Gasteiger partial charge in [0.15, 0.2) is 0 Å². The van der Waals surface area contributed by atoms with Crippen LogP contribution in [0.2, 0.25) is 0 Å². The summed E-state index contributed by atoms with van der Waals surface area (Å²) in [6.07, 6.45) is 5.41. The highest BCUT2D eigenvalue weighted by molar-refractivity contribution is 7.17. The molecule has 1 saturated heterocycles. The third kappa shape index (κ3) is 2.88. The summed E-state index contributed by atoms with van der Waals surface area (Å²) in [5.74, 6) is 0. The molecule has 3 heteroatoms. The highest BCUT2D eigenvalue weighted by atomic mass is 31.0. The fraction of sp³-hybridized carbons (Fsp3) is 0.875. The maximum Gasteiger partial charge on any atom is 0.120 e. The van der Waals surface area contributed by atoms with Gasteiger partial charge in [-0.15, -0.1) is 9.24 Å². The van der Waals surface area contributed by atoms with Crippen LogP contribution < -0.4 is 0 Å². The van der Waals surface area contributed by atoms with Gasteiger partial charge in [0, 0.05) is 18.7 Å². The Kier molecular flexibility index (Phi) is 4.03. The Morgan fingerprint density at radius 3 is 3.00 bits per heavy atom. The van der Waals surface area contributed by atoms with E-state index in [1.807, 2.05) is 0 Å². The molecular formula is C8H15O2P. The zero-order chi connectivity index (χ0) is 8.10. The van der Waals surface area contributed by atoms with Crippen molar-refractivity contribution in [3.63, 3.8) is 0 Å². The first-order chi connectivity index (χ1) is 5.34. The van der Waals surface area contributed by atoms with Crippen LogP contribution in [0.15, 0.2) is 0 Å². The molecule has 1 rings (SSSR count). The number of hydrogen-bond acceptors (Lipinski definition) is 2. The molecule has 0 aromatic rings. The number of carbonyl (C=O) groups is 1. The van der Waals surface area contributed by atoms with Crippen molar-refractivity contribution in [2.75, 3.05) is 6.61 Å². The summed E-state index contributed by atoms with van der Waals surface area (Å²) in [6.45, 7) is 0.869. The third-order valence-corrected chi connectivity index (χ3v) is 2.76. The van der Waals surface area contributed by atoms with Crippen molar-refractivity contribution < 1.29 is 9.53 Å². The van der Waals surface area contributed by atoms with E-state index >= 15 is 0 Å². The van der Waals surface area contributed by atoms with E-state index in [9.17, 15) is 4.79 Å². The normalized spacial score (nSPS) is 27.9. The molecule has 0 spiro atoms. The summed E-state index contributed by atoms with van der Waals surface area (Å²) in [7, 11) is 2.69. The van der Waals surface area contributed by atoms with E-state index < -0.39 is 0 Å². The maximum absolute atomic E-state index is 10.2. The van der Waals surface area contributed by atoms with E-state index in [4.69, 9.17) is 4.74 Å². The van der Waals surface area contributed by atoms with E-state index in [0.717, 1.165) is 19.3 Å². The lowest BCUT2D eigenvalue weighted by atomic mass is 10.0. The third-order valence-electron chi connectivity index (χ3n) is 2.06. The maximum atomic E-state index is 10.2. The molecule has 0 saturated carbocycles. The molecule has 11 heavy (non-hydrogen) atoms. The fourth-order valence-electron chi connectivity index (χ4n) is 1.37. The smallest absolute Gasteiger partial charge is 0.120 e. The monoisotopic (exact) mass is 174 g/mol. The van der Waals surface area contributed by atoms with Gasteiger partial charge in [-0.05, 0) is 19.3 Å². The molecule has 1 aliphatic heterocycles. The van der Waals surface area contributed by atoms with Crippen LogP contribution in [0.25, 0.3) is 0 Å². The van der Waals surface area contributed by atoms with Crippen LogP contribution in [0.4, 0.5) is 0 Å². The van der Waals surface area contributed by atoms with Gasteiger partial charge in [0.25, 0.3) is 0 Å². The number of hydrogen-bond donors (Lipinski definition) is 0. The molecule has 0 aromatic carbocycles. The van der Waals surface area contributed by atoms with Crippen molar-refractivity contribution >= 4 is 15.5 Å². The minimum absolute atomic E-state index is 0.305. The first kappa shape index (κ1) is 9.15.